The topological polar surface area (TPSA) is 110 Å². The number of allylic oxidation sites excluding steroid dienone is 2. The van der Waals surface area contributed by atoms with E-state index in [-0.39, 0.29) is 17.9 Å². The van der Waals surface area contributed by atoms with Crippen LogP contribution in [0.2, 0.25) is 0 Å². The Morgan fingerprint density at radius 1 is 1.00 bits per heavy atom. The Bertz CT molecular complexity index is 984. The highest BCUT2D eigenvalue weighted by atomic mass is 16.5. The molecular formula is C26H31NO6. The van der Waals surface area contributed by atoms with Crippen molar-refractivity contribution < 1.29 is 29.0 Å². The fraction of sp³-hybridized carbons (Fsp3) is 0.308. The van der Waals surface area contributed by atoms with Crippen LogP contribution < -0.4 is 0 Å². The first-order valence-corrected chi connectivity index (χ1v) is 10.5. The second-order valence-electron chi connectivity index (χ2n) is 6.57. The standard InChI is InChI=1S/C12H11NO.C8H10O.C5H10O2.CO2/c1-8-7-11(13-2)9-5-3-4-6-10(9)12(8)14;1-2-7-3-5-8(9)6-4-7;1-3-5(6)7-4-2;2-1-3/h3-7H,1-2H3;3-6,9H,2H2,1H3;3-4H2,1-2H3;. The first-order valence-electron chi connectivity index (χ1n) is 10.5. The summed E-state index contributed by atoms with van der Waals surface area (Å²) in [6.45, 7) is 7.98. The number of carbonyl (C=O) groups is 2. The van der Waals surface area contributed by atoms with Gasteiger partial charge in [0.25, 0.3) is 0 Å². The normalized spacial score (nSPS) is 12.2. The number of carbonyl (C=O) groups excluding carboxylic acids is 4. The number of esters is 1. The number of ketones is 1. The van der Waals surface area contributed by atoms with Gasteiger partial charge in [-0.15, -0.1) is 0 Å². The van der Waals surface area contributed by atoms with Crippen molar-refractivity contribution >= 4 is 23.6 Å². The molecule has 0 atom stereocenters. The van der Waals surface area contributed by atoms with Gasteiger partial charge in [0.15, 0.2) is 5.78 Å². The van der Waals surface area contributed by atoms with E-state index in [1.54, 1.807) is 33.0 Å². The second-order valence-corrected chi connectivity index (χ2v) is 6.57. The molecule has 33 heavy (non-hydrogen) atoms. The minimum Gasteiger partial charge on any atom is -0.508 e. The Balaban J connectivity index is 0.000000468. The third-order valence-electron chi connectivity index (χ3n) is 4.34. The molecule has 7 nitrogen and oxygen atoms in total. The van der Waals surface area contributed by atoms with Crippen molar-refractivity contribution in [3.63, 3.8) is 0 Å². The molecule has 0 spiro atoms. The lowest BCUT2D eigenvalue weighted by Crippen LogP contribution is -2.15. The van der Waals surface area contributed by atoms with Crippen LogP contribution in [0.5, 0.6) is 5.75 Å². The van der Waals surface area contributed by atoms with Crippen molar-refractivity contribution in [3.8, 4) is 5.75 Å². The van der Waals surface area contributed by atoms with Gasteiger partial charge in [-0.25, -0.2) is 0 Å². The molecule has 176 valence electrons. The van der Waals surface area contributed by atoms with Crippen molar-refractivity contribution in [2.24, 2.45) is 4.99 Å². The number of nitrogens with zero attached hydrogens (tertiary/aromatic N) is 1. The van der Waals surface area contributed by atoms with Crippen LogP contribution in [0, 0.1) is 0 Å². The molecule has 0 aliphatic heterocycles. The summed E-state index contributed by atoms with van der Waals surface area (Å²) in [6.07, 6.45) is 3.60. The van der Waals surface area contributed by atoms with Gasteiger partial charge in [-0.05, 0) is 49.6 Å². The summed E-state index contributed by atoms with van der Waals surface area (Å²) in [4.78, 5) is 42.4. The van der Waals surface area contributed by atoms with Gasteiger partial charge in [-0.3, -0.25) is 14.6 Å². The molecule has 0 saturated heterocycles. The van der Waals surface area contributed by atoms with E-state index in [4.69, 9.17) is 14.7 Å². The zero-order valence-corrected chi connectivity index (χ0v) is 19.8. The smallest absolute Gasteiger partial charge is 0.373 e. The first kappa shape index (κ1) is 29.2. The quantitative estimate of drug-likeness (QED) is 0.681. The van der Waals surface area contributed by atoms with Crippen LogP contribution in [-0.4, -0.2) is 42.4 Å². The molecule has 0 unspecified atom stereocenters. The number of hydrogen-bond donors (Lipinski definition) is 1. The maximum Gasteiger partial charge on any atom is 0.373 e. The fourth-order valence-electron chi connectivity index (χ4n) is 2.64. The van der Waals surface area contributed by atoms with Crippen molar-refractivity contribution in [2.75, 3.05) is 13.7 Å². The highest BCUT2D eigenvalue weighted by Crippen LogP contribution is 2.20. The minimum absolute atomic E-state index is 0.105. The summed E-state index contributed by atoms with van der Waals surface area (Å²) < 4.78 is 4.55. The predicted octanol–water partition coefficient (Wildman–Crippen LogP) is 4.58. The Morgan fingerprint density at radius 3 is 1.97 bits per heavy atom. The van der Waals surface area contributed by atoms with Gasteiger partial charge in [0.05, 0.1) is 12.3 Å². The number of fused-ring (bicyclic) bond motifs is 1. The van der Waals surface area contributed by atoms with Crippen LogP contribution in [0.25, 0.3) is 0 Å². The summed E-state index contributed by atoms with van der Waals surface area (Å²) in [5, 5.41) is 8.85. The van der Waals surface area contributed by atoms with E-state index in [2.05, 4.69) is 16.7 Å². The fourth-order valence-corrected chi connectivity index (χ4v) is 2.64. The van der Waals surface area contributed by atoms with Gasteiger partial charge in [0.1, 0.15) is 5.75 Å². The van der Waals surface area contributed by atoms with E-state index in [0.717, 1.165) is 28.8 Å². The first-order chi connectivity index (χ1) is 15.8. The zero-order chi connectivity index (χ0) is 25.2. The molecular weight excluding hydrogens is 422 g/mol. The Labute approximate surface area is 194 Å². The Morgan fingerprint density at radius 2 is 1.55 bits per heavy atom. The average Bonchev–Trinajstić information content (AvgIpc) is 2.83. The van der Waals surface area contributed by atoms with Gasteiger partial charge in [-0.1, -0.05) is 50.2 Å². The molecule has 0 radical (unpaired) electrons. The maximum atomic E-state index is 11.8. The summed E-state index contributed by atoms with van der Waals surface area (Å²) in [5.41, 5.74) is 4.59. The SMILES string of the molecule is CCOC(=O)CC.CCc1ccc(O)cc1.CN=C1C=C(C)C(=O)c2ccccc21.O=C=O. The van der Waals surface area contributed by atoms with Gasteiger partial charge in [-0.2, -0.15) is 9.59 Å². The average molecular weight is 454 g/mol. The zero-order valence-electron chi connectivity index (χ0n) is 19.8. The van der Waals surface area contributed by atoms with Crippen molar-refractivity contribution in [2.45, 2.75) is 40.5 Å². The van der Waals surface area contributed by atoms with Crippen LogP contribution in [0.3, 0.4) is 0 Å². The summed E-state index contributed by atoms with van der Waals surface area (Å²) in [6, 6.07) is 14.8. The van der Waals surface area contributed by atoms with Crippen molar-refractivity contribution in [1.29, 1.82) is 0 Å². The molecule has 0 heterocycles. The predicted molar refractivity (Wildman–Crippen MR) is 126 cm³/mol. The van der Waals surface area contributed by atoms with E-state index >= 15 is 0 Å². The van der Waals surface area contributed by atoms with E-state index in [0.29, 0.717) is 18.8 Å². The van der Waals surface area contributed by atoms with Crippen molar-refractivity contribution in [1.82, 2.24) is 0 Å². The van der Waals surface area contributed by atoms with Crippen LogP contribution in [0.1, 0.15) is 55.6 Å². The van der Waals surface area contributed by atoms with E-state index in [1.165, 1.54) is 5.56 Å². The second kappa shape index (κ2) is 16.8. The number of aliphatic imine (C=N–C) groups is 1. The van der Waals surface area contributed by atoms with Gasteiger partial charge >= 0.3 is 12.1 Å². The molecule has 1 N–H and O–H groups in total. The van der Waals surface area contributed by atoms with E-state index in [1.807, 2.05) is 49.4 Å². The number of phenolic OH excluding ortho intramolecular Hbond substituents is 1. The van der Waals surface area contributed by atoms with E-state index < -0.39 is 0 Å². The highest BCUT2D eigenvalue weighted by Gasteiger charge is 2.20. The third kappa shape index (κ3) is 10.8. The number of phenols is 1. The minimum atomic E-state index is -0.123. The number of Topliss-reactive ketones (excluding diaryl/α,β-unsaturated/α-hetero) is 1. The third-order valence-corrected chi connectivity index (χ3v) is 4.34. The molecule has 0 fully saturated rings. The molecule has 0 amide bonds. The highest BCUT2D eigenvalue weighted by molar-refractivity contribution is 6.25. The number of aryl methyl sites for hydroxylation is 1. The molecule has 1 aliphatic rings. The number of ether oxygens (including phenoxy) is 1. The number of aromatic hydroxyl groups is 1. The van der Waals surface area contributed by atoms with Gasteiger partial charge < -0.3 is 9.84 Å². The lowest BCUT2D eigenvalue weighted by molar-refractivity contribution is -0.191. The molecule has 2 aromatic rings. The molecule has 7 heteroatoms. The lowest BCUT2D eigenvalue weighted by Gasteiger charge is -2.14. The monoisotopic (exact) mass is 453 g/mol. The molecule has 1 aliphatic carbocycles. The summed E-state index contributed by atoms with van der Waals surface area (Å²) in [5.74, 6) is 0.322. The van der Waals surface area contributed by atoms with E-state index in [9.17, 15) is 9.59 Å². The van der Waals surface area contributed by atoms with Gasteiger partial charge in [0, 0.05) is 24.6 Å². The Hall–Kier alpha value is -3.83. The number of hydrogen-bond acceptors (Lipinski definition) is 7. The number of rotatable bonds is 3. The molecule has 0 aromatic heterocycles. The van der Waals surface area contributed by atoms with Crippen LogP contribution in [0.4, 0.5) is 0 Å². The van der Waals surface area contributed by atoms with Crippen LogP contribution in [-0.2, 0) is 25.5 Å². The van der Waals surface area contributed by atoms with Crippen LogP contribution >= 0.6 is 0 Å². The molecule has 3 rings (SSSR count). The molecule has 2 aromatic carbocycles. The summed E-state index contributed by atoms with van der Waals surface area (Å²) in [7, 11) is 1.74. The Kier molecular flexibility index (Phi) is 14.9. The maximum absolute atomic E-state index is 11.8. The van der Waals surface area contributed by atoms with Gasteiger partial charge in [0.2, 0.25) is 0 Å². The number of benzene rings is 2. The van der Waals surface area contributed by atoms with Crippen molar-refractivity contribution in [3.05, 3.63) is 76.9 Å². The summed E-state index contributed by atoms with van der Waals surface area (Å²) >= 11 is 0. The molecule has 0 saturated carbocycles. The largest absolute Gasteiger partial charge is 0.508 e. The van der Waals surface area contributed by atoms with Crippen LogP contribution in [0.15, 0.2) is 65.2 Å². The molecule has 0 bridgehead atoms. The lowest BCUT2D eigenvalue weighted by atomic mass is 9.90.